The molecule has 102 valence electrons. The molecule has 0 amide bonds. The molecule has 1 aromatic carbocycles. The Balaban J connectivity index is 1.91. The average Bonchev–Trinajstić information content (AvgIpc) is 2.88. The monoisotopic (exact) mass is 263 g/mol. The maximum absolute atomic E-state index is 5.85. The molecule has 0 aliphatic rings. The summed E-state index contributed by atoms with van der Waals surface area (Å²) in [6.07, 6.45) is 0.597. The number of ether oxygens (including phenoxy) is 2. The summed E-state index contributed by atoms with van der Waals surface area (Å²) >= 11 is 0. The number of methoxy groups -OCH3 is 1. The van der Waals surface area contributed by atoms with E-state index in [-0.39, 0.29) is 0 Å². The molecule has 0 bridgehead atoms. The zero-order valence-corrected chi connectivity index (χ0v) is 10.8. The van der Waals surface area contributed by atoms with Gasteiger partial charge in [0.1, 0.15) is 0 Å². The summed E-state index contributed by atoms with van der Waals surface area (Å²) in [4.78, 5) is 4.29. The van der Waals surface area contributed by atoms with Crippen molar-refractivity contribution >= 4 is 5.69 Å². The number of anilines is 1. The minimum atomic E-state index is 0.435. The number of hydrogen-bond donors (Lipinski definition) is 1. The molecule has 1 aromatic heterocycles. The van der Waals surface area contributed by atoms with Crippen LogP contribution in [0.5, 0.6) is 0 Å². The van der Waals surface area contributed by atoms with Crippen molar-refractivity contribution in [2.75, 3.05) is 32.7 Å². The van der Waals surface area contributed by atoms with Gasteiger partial charge in [0.2, 0.25) is 0 Å². The predicted molar refractivity (Wildman–Crippen MR) is 70.5 cm³/mol. The molecule has 0 atom stereocenters. The van der Waals surface area contributed by atoms with E-state index in [1.807, 2.05) is 18.2 Å². The largest absolute Gasteiger partial charge is 0.398 e. The molecule has 0 fully saturated rings. The number of para-hydroxylation sites is 1. The zero-order chi connectivity index (χ0) is 13.5. The number of rotatable bonds is 7. The topological polar surface area (TPSA) is 83.4 Å². The van der Waals surface area contributed by atoms with Crippen LogP contribution in [0.3, 0.4) is 0 Å². The van der Waals surface area contributed by atoms with Gasteiger partial charge in [-0.15, -0.1) is 0 Å². The molecular weight excluding hydrogens is 246 g/mol. The van der Waals surface area contributed by atoms with Crippen molar-refractivity contribution in [2.24, 2.45) is 0 Å². The minimum absolute atomic E-state index is 0.435. The summed E-state index contributed by atoms with van der Waals surface area (Å²) in [5, 5.41) is 3.90. The van der Waals surface area contributed by atoms with Gasteiger partial charge in [-0.1, -0.05) is 17.3 Å². The van der Waals surface area contributed by atoms with E-state index in [1.54, 1.807) is 13.2 Å². The molecular formula is C13H17N3O3. The van der Waals surface area contributed by atoms with Gasteiger partial charge in [0, 0.05) is 19.2 Å². The highest BCUT2D eigenvalue weighted by Crippen LogP contribution is 2.23. The second kappa shape index (κ2) is 6.86. The van der Waals surface area contributed by atoms with E-state index < -0.39 is 0 Å². The Morgan fingerprint density at radius 3 is 2.84 bits per heavy atom. The molecule has 2 aromatic rings. The van der Waals surface area contributed by atoms with Crippen molar-refractivity contribution in [3.8, 4) is 11.5 Å². The van der Waals surface area contributed by atoms with E-state index in [2.05, 4.69) is 10.1 Å². The highest BCUT2D eigenvalue weighted by Gasteiger charge is 2.10. The van der Waals surface area contributed by atoms with E-state index in [4.69, 9.17) is 19.7 Å². The Labute approximate surface area is 111 Å². The van der Waals surface area contributed by atoms with Gasteiger partial charge < -0.3 is 19.7 Å². The lowest BCUT2D eigenvalue weighted by molar-refractivity contribution is 0.0714. The van der Waals surface area contributed by atoms with Gasteiger partial charge in [0.05, 0.1) is 25.4 Å². The van der Waals surface area contributed by atoms with Crippen LogP contribution in [0.2, 0.25) is 0 Å². The molecule has 6 nitrogen and oxygen atoms in total. The maximum Gasteiger partial charge on any atom is 0.260 e. The Kier molecular flexibility index (Phi) is 4.88. The van der Waals surface area contributed by atoms with Crippen LogP contribution in [-0.2, 0) is 15.9 Å². The van der Waals surface area contributed by atoms with Crippen molar-refractivity contribution in [3.05, 3.63) is 30.1 Å². The molecule has 0 spiro atoms. The number of nitrogens with two attached hydrogens (primary N) is 1. The van der Waals surface area contributed by atoms with E-state index in [9.17, 15) is 0 Å². The minimum Gasteiger partial charge on any atom is -0.398 e. The van der Waals surface area contributed by atoms with E-state index >= 15 is 0 Å². The fourth-order valence-electron chi connectivity index (χ4n) is 1.56. The highest BCUT2D eigenvalue weighted by atomic mass is 16.5. The quantitative estimate of drug-likeness (QED) is 0.602. The normalized spacial score (nSPS) is 10.8. The predicted octanol–water partition coefficient (Wildman–Crippen LogP) is 1.52. The van der Waals surface area contributed by atoms with Crippen LogP contribution in [0.4, 0.5) is 5.69 Å². The van der Waals surface area contributed by atoms with Crippen molar-refractivity contribution in [1.82, 2.24) is 10.1 Å². The van der Waals surface area contributed by atoms with Crippen LogP contribution in [0.1, 0.15) is 5.82 Å². The van der Waals surface area contributed by atoms with E-state index in [0.29, 0.717) is 43.6 Å². The van der Waals surface area contributed by atoms with Gasteiger partial charge in [-0.3, -0.25) is 0 Å². The molecule has 0 unspecified atom stereocenters. The summed E-state index contributed by atoms with van der Waals surface area (Å²) in [5.41, 5.74) is 7.22. The van der Waals surface area contributed by atoms with Gasteiger partial charge in [0.25, 0.3) is 5.89 Å². The summed E-state index contributed by atoms with van der Waals surface area (Å²) < 4.78 is 15.4. The van der Waals surface area contributed by atoms with Crippen LogP contribution < -0.4 is 5.73 Å². The summed E-state index contributed by atoms with van der Waals surface area (Å²) in [6.45, 7) is 1.68. The van der Waals surface area contributed by atoms with Crippen LogP contribution in [0.15, 0.2) is 28.8 Å². The van der Waals surface area contributed by atoms with Crippen LogP contribution in [-0.4, -0.2) is 37.1 Å². The first kappa shape index (κ1) is 13.5. The lowest BCUT2D eigenvalue weighted by atomic mass is 10.2. The zero-order valence-electron chi connectivity index (χ0n) is 10.8. The summed E-state index contributed by atoms with van der Waals surface area (Å²) in [5.74, 6) is 1.04. The number of nitrogen functional groups attached to an aromatic ring is 1. The van der Waals surface area contributed by atoms with Crippen molar-refractivity contribution in [3.63, 3.8) is 0 Å². The molecule has 1 heterocycles. The molecule has 19 heavy (non-hydrogen) atoms. The second-order valence-corrected chi connectivity index (χ2v) is 3.96. The average molecular weight is 263 g/mol. The van der Waals surface area contributed by atoms with Crippen LogP contribution in [0.25, 0.3) is 11.5 Å². The molecule has 0 saturated carbocycles. The van der Waals surface area contributed by atoms with Gasteiger partial charge in [-0.05, 0) is 12.1 Å². The van der Waals surface area contributed by atoms with Gasteiger partial charge >= 0.3 is 0 Å². The van der Waals surface area contributed by atoms with Crippen LogP contribution >= 0.6 is 0 Å². The first-order valence-electron chi connectivity index (χ1n) is 6.05. The van der Waals surface area contributed by atoms with E-state index in [0.717, 1.165) is 5.56 Å². The maximum atomic E-state index is 5.85. The second-order valence-electron chi connectivity index (χ2n) is 3.96. The van der Waals surface area contributed by atoms with Gasteiger partial charge in [0.15, 0.2) is 5.82 Å². The Morgan fingerprint density at radius 1 is 1.21 bits per heavy atom. The van der Waals surface area contributed by atoms with Crippen molar-refractivity contribution < 1.29 is 14.0 Å². The molecule has 2 N–H and O–H groups in total. The molecule has 0 aliphatic carbocycles. The number of benzene rings is 1. The van der Waals surface area contributed by atoms with Gasteiger partial charge in [-0.25, -0.2) is 0 Å². The molecule has 6 heteroatoms. The number of hydrogen-bond acceptors (Lipinski definition) is 6. The molecule has 0 saturated heterocycles. The van der Waals surface area contributed by atoms with Crippen LogP contribution in [0, 0.1) is 0 Å². The Hall–Kier alpha value is -1.92. The third-order valence-electron chi connectivity index (χ3n) is 2.56. The standard InChI is InChI=1S/C13H17N3O3/c1-17-8-9-18-7-6-12-15-13(19-16-12)10-4-2-3-5-11(10)14/h2-5H,6-9,14H2,1H3. The SMILES string of the molecule is COCCOCCc1noc(-c2ccccc2N)n1. The third-order valence-corrected chi connectivity index (χ3v) is 2.56. The Bertz CT molecular complexity index is 513. The van der Waals surface area contributed by atoms with Crippen molar-refractivity contribution in [2.45, 2.75) is 6.42 Å². The smallest absolute Gasteiger partial charge is 0.260 e. The molecule has 0 radical (unpaired) electrons. The van der Waals surface area contributed by atoms with Gasteiger partial charge in [-0.2, -0.15) is 4.98 Å². The number of nitrogens with zero attached hydrogens (tertiary/aromatic N) is 2. The molecule has 0 aliphatic heterocycles. The highest BCUT2D eigenvalue weighted by molar-refractivity contribution is 5.69. The first-order chi connectivity index (χ1) is 9.31. The fraction of sp³-hybridized carbons (Fsp3) is 0.385. The van der Waals surface area contributed by atoms with E-state index in [1.165, 1.54) is 0 Å². The van der Waals surface area contributed by atoms with Crippen molar-refractivity contribution in [1.29, 1.82) is 0 Å². The summed E-state index contributed by atoms with van der Waals surface area (Å²) in [6, 6.07) is 7.39. The molecule has 2 rings (SSSR count). The first-order valence-corrected chi connectivity index (χ1v) is 6.05. The Morgan fingerprint density at radius 2 is 2.05 bits per heavy atom. The lowest BCUT2D eigenvalue weighted by Crippen LogP contribution is -2.05. The third kappa shape index (κ3) is 3.77. The lowest BCUT2D eigenvalue weighted by Gasteiger charge is -2.00. The summed E-state index contributed by atoms with van der Waals surface area (Å²) in [7, 11) is 1.64. The fourth-order valence-corrected chi connectivity index (χ4v) is 1.56. The number of aromatic nitrogens is 2.